The van der Waals surface area contributed by atoms with Crippen LogP contribution in [0.1, 0.15) is 64.9 Å². The van der Waals surface area contributed by atoms with Gasteiger partial charge in [0.25, 0.3) is 0 Å². The van der Waals surface area contributed by atoms with Gasteiger partial charge in [-0.2, -0.15) is 0 Å². The summed E-state index contributed by atoms with van der Waals surface area (Å²) in [5.74, 6) is 0.422. The fourth-order valence-corrected chi connectivity index (χ4v) is 4.44. The molecule has 0 amide bonds. The molecule has 1 N–H and O–H groups in total. The summed E-state index contributed by atoms with van der Waals surface area (Å²) in [5.41, 5.74) is 0.485. The molecule has 0 heterocycles. The molecule has 1 aromatic carbocycles. The molecule has 1 saturated carbocycles. The zero-order valence-electron chi connectivity index (χ0n) is 15.8. The summed E-state index contributed by atoms with van der Waals surface area (Å²) in [5, 5.41) is 11.7. The Morgan fingerprint density at radius 1 is 0.958 bits per heavy atom. The van der Waals surface area contributed by atoms with Gasteiger partial charge in [0.05, 0.1) is 31.8 Å². The fourth-order valence-electron chi connectivity index (χ4n) is 4.44. The Morgan fingerprint density at radius 2 is 1.50 bits per heavy atom. The van der Waals surface area contributed by atoms with E-state index in [1.165, 1.54) is 32.1 Å². The van der Waals surface area contributed by atoms with E-state index < -0.39 is 5.60 Å². The molecule has 0 aromatic heterocycles. The van der Waals surface area contributed by atoms with Gasteiger partial charge < -0.3 is 22.0 Å². The largest absolute Gasteiger partial charge is 1.00 e. The molecule has 3 heteroatoms. The Bertz CT molecular complexity index is 446. The normalized spacial score (nSPS) is 18.7. The zero-order valence-corrected chi connectivity index (χ0v) is 16.6. The number of quaternary nitrogens is 1. The first kappa shape index (κ1) is 21.5. The van der Waals surface area contributed by atoms with Gasteiger partial charge in [-0.15, -0.1) is 0 Å². The highest BCUT2D eigenvalue weighted by atomic mass is 35.5. The van der Waals surface area contributed by atoms with Crippen LogP contribution in [0.4, 0.5) is 0 Å². The number of benzene rings is 1. The average molecular weight is 354 g/mol. The van der Waals surface area contributed by atoms with Crippen molar-refractivity contribution in [1.82, 2.24) is 0 Å². The summed E-state index contributed by atoms with van der Waals surface area (Å²) in [6.45, 7) is 11.4. The van der Waals surface area contributed by atoms with Crippen LogP contribution < -0.4 is 12.4 Å². The molecule has 0 saturated heterocycles. The summed E-state index contributed by atoms with van der Waals surface area (Å²) in [6, 6.07) is 10.5. The molecule has 1 aromatic rings. The van der Waals surface area contributed by atoms with Gasteiger partial charge in [0.1, 0.15) is 0 Å². The Hall–Kier alpha value is -0.570. The highest BCUT2D eigenvalue weighted by molar-refractivity contribution is 5.23. The van der Waals surface area contributed by atoms with Crippen molar-refractivity contribution in [2.45, 2.75) is 64.9 Å². The van der Waals surface area contributed by atoms with Crippen molar-refractivity contribution in [3.8, 4) is 0 Å². The van der Waals surface area contributed by atoms with Crippen LogP contribution in [-0.2, 0) is 5.60 Å². The minimum atomic E-state index is -0.648. The van der Waals surface area contributed by atoms with Gasteiger partial charge in [-0.25, -0.2) is 0 Å². The molecule has 0 radical (unpaired) electrons. The molecule has 2 nitrogen and oxygen atoms in total. The lowest BCUT2D eigenvalue weighted by atomic mass is 9.71. The van der Waals surface area contributed by atoms with E-state index in [1.54, 1.807) is 0 Å². The highest BCUT2D eigenvalue weighted by Crippen LogP contribution is 2.42. The van der Waals surface area contributed by atoms with Crippen LogP contribution in [0, 0.1) is 5.92 Å². The van der Waals surface area contributed by atoms with Gasteiger partial charge in [-0.3, -0.25) is 0 Å². The summed E-state index contributed by atoms with van der Waals surface area (Å²) in [7, 11) is 0. The van der Waals surface area contributed by atoms with E-state index in [4.69, 9.17) is 0 Å². The third kappa shape index (κ3) is 4.74. The van der Waals surface area contributed by atoms with Gasteiger partial charge in [0.15, 0.2) is 0 Å². The molecule has 0 spiro atoms. The van der Waals surface area contributed by atoms with Crippen LogP contribution in [0.15, 0.2) is 30.3 Å². The van der Waals surface area contributed by atoms with E-state index in [1.807, 2.05) is 0 Å². The first-order chi connectivity index (χ1) is 11.1. The molecule has 1 aliphatic carbocycles. The van der Waals surface area contributed by atoms with Crippen molar-refractivity contribution >= 4 is 0 Å². The molecule has 1 fully saturated rings. The van der Waals surface area contributed by atoms with Crippen LogP contribution in [-0.4, -0.2) is 35.8 Å². The van der Waals surface area contributed by atoms with Crippen molar-refractivity contribution in [1.29, 1.82) is 0 Å². The molecule has 138 valence electrons. The Balaban J connectivity index is 0.00000288. The minimum absolute atomic E-state index is 0. The maximum absolute atomic E-state index is 11.7. The lowest BCUT2D eigenvalue weighted by Crippen LogP contribution is -3.00. The highest BCUT2D eigenvalue weighted by Gasteiger charge is 2.40. The van der Waals surface area contributed by atoms with E-state index in [9.17, 15) is 5.11 Å². The molecule has 0 bridgehead atoms. The minimum Gasteiger partial charge on any atom is -1.00 e. The number of hydrogen-bond acceptors (Lipinski definition) is 1. The topological polar surface area (TPSA) is 20.2 Å². The summed E-state index contributed by atoms with van der Waals surface area (Å²) in [4.78, 5) is 0. The van der Waals surface area contributed by atoms with Crippen molar-refractivity contribution in [3.63, 3.8) is 0 Å². The molecule has 1 aliphatic rings. The van der Waals surface area contributed by atoms with E-state index in [2.05, 4.69) is 51.1 Å². The molecule has 2 rings (SSSR count). The molecular weight excluding hydrogens is 318 g/mol. The summed E-state index contributed by atoms with van der Waals surface area (Å²) < 4.78 is 1.11. The predicted molar refractivity (Wildman–Crippen MR) is 98.3 cm³/mol. The maximum Gasteiger partial charge on any atom is 0.0978 e. The van der Waals surface area contributed by atoms with E-state index in [0.29, 0.717) is 5.92 Å². The SMILES string of the molecule is CC[N+](CC)(CC)CC[C@](O)(c1ccccc1)C1CCCCC1.[Cl-]. The van der Waals surface area contributed by atoms with Crippen molar-refractivity contribution in [2.75, 3.05) is 26.2 Å². The third-order valence-corrected chi connectivity index (χ3v) is 6.53. The molecular formula is C21H36ClNO. The van der Waals surface area contributed by atoms with Crippen LogP contribution in [0.5, 0.6) is 0 Å². The second-order valence-electron chi connectivity index (χ2n) is 7.39. The maximum atomic E-state index is 11.7. The molecule has 24 heavy (non-hydrogen) atoms. The molecule has 0 unspecified atom stereocenters. The third-order valence-electron chi connectivity index (χ3n) is 6.53. The van der Waals surface area contributed by atoms with Crippen LogP contribution in [0.25, 0.3) is 0 Å². The summed E-state index contributed by atoms with van der Waals surface area (Å²) in [6.07, 6.45) is 7.12. The van der Waals surface area contributed by atoms with Crippen LogP contribution >= 0.6 is 0 Å². The van der Waals surface area contributed by atoms with E-state index in [-0.39, 0.29) is 12.4 Å². The summed E-state index contributed by atoms with van der Waals surface area (Å²) >= 11 is 0. The Labute approximate surface area is 155 Å². The second-order valence-corrected chi connectivity index (χ2v) is 7.39. The van der Waals surface area contributed by atoms with Crippen molar-refractivity contribution in [2.24, 2.45) is 5.92 Å². The van der Waals surface area contributed by atoms with E-state index in [0.717, 1.165) is 42.6 Å². The fraction of sp³-hybridized carbons (Fsp3) is 0.714. The van der Waals surface area contributed by atoms with Gasteiger partial charge in [-0.05, 0) is 45.1 Å². The quantitative estimate of drug-likeness (QED) is 0.706. The number of aliphatic hydroxyl groups is 1. The molecule has 0 aliphatic heterocycles. The molecule has 1 atom stereocenters. The first-order valence-electron chi connectivity index (χ1n) is 9.73. The Morgan fingerprint density at radius 3 is 2.00 bits per heavy atom. The number of hydrogen-bond donors (Lipinski definition) is 1. The standard InChI is InChI=1S/C21H36NO.ClH/c1-4-22(5-2,6-3)18-17-21(23,19-13-9-7-10-14-19)20-15-11-8-12-16-20;/h7,9-10,13-14,20,23H,4-6,8,11-12,15-18H2,1-3H3;1H/q+1;/p-1/t21-;/m0./s1. The predicted octanol–water partition coefficient (Wildman–Crippen LogP) is 1.73. The number of rotatable bonds is 8. The lowest BCUT2D eigenvalue weighted by molar-refractivity contribution is -0.924. The van der Waals surface area contributed by atoms with Crippen LogP contribution in [0.2, 0.25) is 0 Å². The second kappa shape index (κ2) is 9.79. The van der Waals surface area contributed by atoms with Gasteiger partial charge >= 0.3 is 0 Å². The lowest BCUT2D eigenvalue weighted by Gasteiger charge is -2.43. The van der Waals surface area contributed by atoms with Gasteiger partial charge in [0.2, 0.25) is 0 Å². The first-order valence-corrected chi connectivity index (χ1v) is 9.73. The smallest absolute Gasteiger partial charge is 0.0978 e. The van der Waals surface area contributed by atoms with E-state index >= 15 is 0 Å². The van der Waals surface area contributed by atoms with Crippen molar-refractivity contribution in [3.05, 3.63) is 35.9 Å². The van der Waals surface area contributed by atoms with Gasteiger partial charge in [0, 0.05) is 6.42 Å². The van der Waals surface area contributed by atoms with Gasteiger partial charge in [-0.1, -0.05) is 49.6 Å². The zero-order chi connectivity index (χ0) is 16.8. The van der Waals surface area contributed by atoms with Crippen molar-refractivity contribution < 1.29 is 22.0 Å². The monoisotopic (exact) mass is 353 g/mol. The number of nitrogens with zero attached hydrogens (tertiary/aromatic N) is 1. The van der Waals surface area contributed by atoms with Crippen LogP contribution in [0.3, 0.4) is 0 Å². The Kier molecular flexibility index (Phi) is 8.76. The number of halogens is 1. The average Bonchev–Trinajstić information content (AvgIpc) is 2.64.